The highest BCUT2D eigenvalue weighted by Crippen LogP contribution is 2.25. The molecule has 0 fully saturated rings. The summed E-state index contributed by atoms with van der Waals surface area (Å²) in [7, 11) is 0. The quantitative estimate of drug-likeness (QED) is 0.497. The number of thioether (sulfide) groups is 1. The summed E-state index contributed by atoms with van der Waals surface area (Å²) in [6.07, 6.45) is 4.70. The molecule has 1 aliphatic carbocycles. The molecule has 5 heteroatoms. The third-order valence-electron chi connectivity index (χ3n) is 4.81. The molecule has 4 nitrogen and oxygen atoms in total. The van der Waals surface area contributed by atoms with Crippen LogP contribution in [-0.4, -0.2) is 26.3 Å². The molecule has 1 aliphatic rings. The van der Waals surface area contributed by atoms with Gasteiger partial charge in [0.15, 0.2) is 10.9 Å². The van der Waals surface area contributed by atoms with Crippen molar-refractivity contribution < 1.29 is 4.79 Å². The molecule has 26 heavy (non-hydrogen) atoms. The molecule has 0 saturated carbocycles. The number of benzene rings is 2. The fourth-order valence-electron chi connectivity index (χ4n) is 3.43. The van der Waals surface area contributed by atoms with Crippen LogP contribution in [0.4, 0.5) is 0 Å². The molecule has 0 N–H and O–H groups in total. The van der Waals surface area contributed by atoms with Gasteiger partial charge in [0.25, 0.3) is 0 Å². The second-order valence-electron chi connectivity index (χ2n) is 6.60. The summed E-state index contributed by atoms with van der Waals surface area (Å²) >= 11 is 1.44. The highest BCUT2D eigenvalue weighted by molar-refractivity contribution is 7.99. The van der Waals surface area contributed by atoms with E-state index in [2.05, 4.69) is 22.3 Å². The van der Waals surface area contributed by atoms with Crippen molar-refractivity contribution in [2.45, 2.75) is 37.8 Å². The third kappa shape index (κ3) is 3.44. The number of aromatic nitrogens is 3. The summed E-state index contributed by atoms with van der Waals surface area (Å²) in [5, 5.41) is 9.18. The van der Waals surface area contributed by atoms with Crippen molar-refractivity contribution in [3.8, 4) is 5.69 Å². The molecule has 0 aliphatic heterocycles. The molecule has 4 rings (SSSR count). The van der Waals surface area contributed by atoms with Gasteiger partial charge in [-0.15, -0.1) is 10.2 Å². The minimum Gasteiger partial charge on any atom is -0.293 e. The molecule has 1 aromatic heterocycles. The van der Waals surface area contributed by atoms with Gasteiger partial charge >= 0.3 is 0 Å². The van der Waals surface area contributed by atoms with Crippen molar-refractivity contribution in [2.24, 2.45) is 0 Å². The predicted octanol–water partition coefficient (Wildman–Crippen LogP) is 4.43. The Bertz CT molecular complexity index is 934. The van der Waals surface area contributed by atoms with Crippen molar-refractivity contribution >= 4 is 17.5 Å². The molecule has 0 spiro atoms. The van der Waals surface area contributed by atoms with E-state index in [4.69, 9.17) is 0 Å². The maximum Gasteiger partial charge on any atom is 0.196 e. The molecular formula is C21H21N3OS. The molecule has 0 radical (unpaired) electrons. The second-order valence-corrected chi connectivity index (χ2v) is 7.55. The molecule has 2 aromatic carbocycles. The molecule has 1 heterocycles. The van der Waals surface area contributed by atoms with Gasteiger partial charge in [-0.2, -0.15) is 0 Å². The van der Waals surface area contributed by atoms with Gasteiger partial charge in [-0.05, 0) is 61.9 Å². The lowest BCUT2D eigenvalue weighted by atomic mass is 9.90. The topological polar surface area (TPSA) is 47.8 Å². The zero-order valence-corrected chi connectivity index (χ0v) is 15.6. The van der Waals surface area contributed by atoms with Crippen LogP contribution in [0.1, 0.15) is 40.2 Å². The first-order chi connectivity index (χ1) is 12.7. The number of ketones is 1. The van der Waals surface area contributed by atoms with Gasteiger partial charge in [-0.3, -0.25) is 9.36 Å². The van der Waals surface area contributed by atoms with E-state index in [0.29, 0.717) is 5.75 Å². The smallest absolute Gasteiger partial charge is 0.196 e. The molecule has 0 bridgehead atoms. The van der Waals surface area contributed by atoms with E-state index in [1.54, 1.807) is 0 Å². The van der Waals surface area contributed by atoms with E-state index in [-0.39, 0.29) is 5.78 Å². The Kier molecular flexibility index (Phi) is 4.89. The number of aryl methyl sites for hydroxylation is 3. The van der Waals surface area contributed by atoms with Gasteiger partial charge in [-0.1, -0.05) is 42.1 Å². The van der Waals surface area contributed by atoms with Crippen LogP contribution in [0.15, 0.2) is 53.7 Å². The molecule has 0 amide bonds. The number of nitrogens with zero attached hydrogens (tertiary/aromatic N) is 3. The SMILES string of the molecule is Cc1nnc(SCC(=O)c2ccc3c(c2)CCCC3)n1-c1ccccc1. The van der Waals surface area contributed by atoms with Crippen LogP contribution >= 0.6 is 11.8 Å². The lowest BCUT2D eigenvalue weighted by Crippen LogP contribution is -2.08. The zero-order chi connectivity index (χ0) is 17.9. The monoisotopic (exact) mass is 363 g/mol. The summed E-state index contributed by atoms with van der Waals surface area (Å²) in [4.78, 5) is 12.7. The normalized spacial score (nSPS) is 13.4. The van der Waals surface area contributed by atoms with Crippen LogP contribution in [-0.2, 0) is 12.8 Å². The van der Waals surface area contributed by atoms with Gasteiger partial charge in [0.1, 0.15) is 5.82 Å². The second kappa shape index (κ2) is 7.46. The minimum absolute atomic E-state index is 0.142. The fourth-order valence-corrected chi connectivity index (χ4v) is 4.32. The largest absolute Gasteiger partial charge is 0.293 e. The highest BCUT2D eigenvalue weighted by Gasteiger charge is 2.16. The molecule has 0 atom stereocenters. The van der Waals surface area contributed by atoms with E-state index >= 15 is 0 Å². The Morgan fingerprint density at radius 3 is 2.62 bits per heavy atom. The summed E-state index contributed by atoms with van der Waals surface area (Å²) in [6, 6.07) is 16.2. The summed E-state index contributed by atoms with van der Waals surface area (Å²) in [5.74, 6) is 1.33. The Hall–Kier alpha value is -2.40. The Morgan fingerprint density at radius 1 is 1.04 bits per heavy atom. The number of carbonyl (C=O) groups excluding carboxylic acids is 1. The average Bonchev–Trinajstić information content (AvgIpc) is 3.06. The van der Waals surface area contributed by atoms with Crippen molar-refractivity contribution in [3.63, 3.8) is 0 Å². The van der Waals surface area contributed by atoms with E-state index in [1.165, 1.54) is 35.7 Å². The van der Waals surface area contributed by atoms with Crippen molar-refractivity contribution in [2.75, 3.05) is 5.75 Å². The Labute approximate surface area is 157 Å². The van der Waals surface area contributed by atoms with E-state index in [1.807, 2.05) is 47.9 Å². The first-order valence-corrected chi connectivity index (χ1v) is 9.96. The highest BCUT2D eigenvalue weighted by atomic mass is 32.2. The molecule has 3 aromatic rings. The Balaban J connectivity index is 1.51. The van der Waals surface area contributed by atoms with Crippen molar-refractivity contribution in [1.82, 2.24) is 14.8 Å². The minimum atomic E-state index is 0.142. The summed E-state index contributed by atoms with van der Waals surface area (Å²) in [6.45, 7) is 1.93. The summed E-state index contributed by atoms with van der Waals surface area (Å²) in [5.41, 5.74) is 4.56. The van der Waals surface area contributed by atoms with E-state index < -0.39 is 0 Å². The first kappa shape index (κ1) is 17.0. The number of rotatable bonds is 5. The number of Topliss-reactive ketones (excluding diaryl/α,β-unsaturated/α-hetero) is 1. The lowest BCUT2D eigenvalue weighted by molar-refractivity contribution is 0.102. The molecule has 0 saturated heterocycles. The van der Waals surface area contributed by atoms with Gasteiger partial charge in [0.2, 0.25) is 0 Å². The number of hydrogen-bond acceptors (Lipinski definition) is 4. The maximum absolute atomic E-state index is 12.7. The van der Waals surface area contributed by atoms with Crippen LogP contribution in [0.3, 0.4) is 0 Å². The van der Waals surface area contributed by atoms with Crippen LogP contribution in [0.2, 0.25) is 0 Å². The van der Waals surface area contributed by atoms with Gasteiger partial charge in [0, 0.05) is 11.3 Å². The molecular weight excluding hydrogens is 342 g/mol. The van der Waals surface area contributed by atoms with Crippen molar-refractivity contribution in [3.05, 3.63) is 71.0 Å². The predicted molar refractivity (Wildman–Crippen MR) is 104 cm³/mol. The van der Waals surface area contributed by atoms with Crippen molar-refractivity contribution in [1.29, 1.82) is 0 Å². The van der Waals surface area contributed by atoms with Crippen LogP contribution < -0.4 is 0 Å². The van der Waals surface area contributed by atoms with Gasteiger partial charge in [0.05, 0.1) is 5.75 Å². The van der Waals surface area contributed by atoms with Crippen LogP contribution in [0.25, 0.3) is 5.69 Å². The Morgan fingerprint density at radius 2 is 1.81 bits per heavy atom. The van der Waals surface area contributed by atoms with Crippen LogP contribution in [0, 0.1) is 6.92 Å². The van der Waals surface area contributed by atoms with Crippen LogP contribution in [0.5, 0.6) is 0 Å². The fraction of sp³-hybridized carbons (Fsp3) is 0.286. The number of para-hydroxylation sites is 1. The standard InChI is InChI=1S/C21H21N3OS/c1-15-22-23-21(24(15)19-9-3-2-4-10-19)26-14-20(25)18-12-11-16-7-5-6-8-17(16)13-18/h2-4,9-13H,5-8,14H2,1H3. The number of carbonyl (C=O) groups is 1. The van der Waals surface area contributed by atoms with Gasteiger partial charge < -0.3 is 0 Å². The zero-order valence-electron chi connectivity index (χ0n) is 14.8. The maximum atomic E-state index is 12.7. The first-order valence-electron chi connectivity index (χ1n) is 8.97. The average molecular weight is 363 g/mol. The van der Waals surface area contributed by atoms with E-state index in [9.17, 15) is 4.79 Å². The van der Waals surface area contributed by atoms with Gasteiger partial charge in [-0.25, -0.2) is 0 Å². The third-order valence-corrected chi connectivity index (χ3v) is 5.74. The number of fused-ring (bicyclic) bond motifs is 1. The summed E-state index contributed by atoms with van der Waals surface area (Å²) < 4.78 is 1.99. The lowest BCUT2D eigenvalue weighted by Gasteiger charge is -2.16. The molecule has 0 unspecified atom stereocenters. The number of hydrogen-bond donors (Lipinski definition) is 0. The van der Waals surface area contributed by atoms with E-state index in [0.717, 1.165) is 35.1 Å². The molecule has 132 valence electrons.